The molecule has 3 aromatic rings. The van der Waals surface area contributed by atoms with Crippen LogP contribution in [0, 0.1) is 11.3 Å². The first-order valence-electron chi connectivity index (χ1n) is 8.28. The molecule has 0 aliphatic carbocycles. The van der Waals surface area contributed by atoms with Gasteiger partial charge in [0.25, 0.3) is 15.9 Å². The molecule has 0 saturated carbocycles. The second kappa shape index (κ2) is 8.33. The number of hydrogen-bond acceptors (Lipinski definition) is 5. The molecule has 0 spiro atoms. The lowest BCUT2D eigenvalue weighted by Gasteiger charge is -2.10. The summed E-state index contributed by atoms with van der Waals surface area (Å²) in [6.45, 7) is 0.307. The monoisotopic (exact) mass is 392 g/mol. The number of amides is 1. The second-order valence-corrected chi connectivity index (χ2v) is 7.54. The van der Waals surface area contributed by atoms with Crippen LogP contribution < -0.4 is 10.0 Å². The van der Waals surface area contributed by atoms with Crippen LogP contribution in [-0.4, -0.2) is 19.3 Å². The average Bonchev–Trinajstić information content (AvgIpc) is 2.73. The maximum atomic E-state index is 12.6. The van der Waals surface area contributed by atoms with E-state index in [-0.39, 0.29) is 16.4 Å². The highest BCUT2D eigenvalue weighted by Crippen LogP contribution is 2.18. The number of aromatic nitrogens is 1. The van der Waals surface area contributed by atoms with E-state index in [4.69, 9.17) is 5.26 Å². The Morgan fingerprint density at radius 1 is 1.04 bits per heavy atom. The van der Waals surface area contributed by atoms with E-state index < -0.39 is 10.0 Å². The predicted molar refractivity (Wildman–Crippen MR) is 104 cm³/mol. The Balaban J connectivity index is 1.73. The molecule has 1 amide bonds. The van der Waals surface area contributed by atoms with Crippen molar-refractivity contribution in [1.82, 2.24) is 10.3 Å². The Kier molecular flexibility index (Phi) is 5.67. The number of nitrogens with zero attached hydrogens (tertiary/aromatic N) is 2. The number of nitrogens with one attached hydrogen (secondary N) is 2. The minimum Gasteiger partial charge on any atom is -0.348 e. The van der Waals surface area contributed by atoms with Crippen molar-refractivity contribution in [3.8, 4) is 6.07 Å². The maximum Gasteiger partial charge on any atom is 0.261 e. The number of benzene rings is 2. The lowest BCUT2D eigenvalue weighted by atomic mass is 10.2. The normalized spacial score (nSPS) is 10.7. The van der Waals surface area contributed by atoms with Crippen LogP contribution in [0.25, 0.3) is 0 Å². The van der Waals surface area contributed by atoms with Gasteiger partial charge in [-0.25, -0.2) is 8.42 Å². The molecule has 140 valence electrons. The van der Waals surface area contributed by atoms with Gasteiger partial charge >= 0.3 is 0 Å². The van der Waals surface area contributed by atoms with Gasteiger partial charge in [0.05, 0.1) is 16.5 Å². The van der Waals surface area contributed by atoms with Crippen LogP contribution in [0.1, 0.15) is 21.5 Å². The smallest absolute Gasteiger partial charge is 0.261 e. The molecule has 0 aliphatic rings. The van der Waals surface area contributed by atoms with Crippen LogP contribution in [0.4, 0.5) is 5.69 Å². The summed E-state index contributed by atoms with van der Waals surface area (Å²) >= 11 is 0. The van der Waals surface area contributed by atoms with Crippen LogP contribution in [0.5, 0.6) is 0 Å². The fraction of sp³-hybridized carbons (Fsp3) is 0.0500. The molecule has 3 rings (SSSR count). The molecule has 0 aliphatic heterocycles. The average molecular weight is 392 g/mol. The quantitative estimate of drug-likeness (QED) is 0.670. The third-order valence-electron chi connectivity index (χ3n) is 3.88. The summed E-state index contributed by atoms with van der Waals surface area (Å²) in [7, 11) is -3.88. The molecule has 2 N–H and O–H groups in total. The van der Waals surface area contributed by atoms with Gasteiger partial charge in [0.1, 0.15) is 0 Å². The molecule has 2 aromatic carbocycles. The second-order valence-electron chi connectivity index (χ2n) is 5.86. The summed E-state index contributed by atoms with van der Waals surface area (Å²) in [6.07, 6.45) is 3.26. The number of hydrogen-bond donors (Lipinski definition) is 2. The van der Waals surface area contributed by atoms with Crippen molar-refractivity contribution in [2.45, 2.75) is 11.4 Å². The Morgan fingerprint density at radius 3 is 2.43 bits per heavy atom. The van der Waals surface area contributed by atoms with E-state index in [1.807, 2.05) is 6.07 Å². The number of pyridine rings is 1. The SMILES string of the molecule is N#Cc1ccc(NS(=O)(=O)c2cccc(C(=O)NCc3ccncc3)c2)cc1. The molecule has 1 heterocycles. The molecule has 8 heteroatoms. The van der Waals surface area contributed by atoms with Crippen molar-refractivity contribution in [2.75, 3.05) is 4.72 Å². The van der Waals surface area contributed by atoms with Crippen LogP contribution in [0.3, 0.4) is 0 Å². The van der Waals surface area contributed by atoms with Gasteiger partial charge in [-0.05, 0) is 60.2 Å². The Labute approximate surface area is 162 Å². The Morgan fingerprint density at radius 2 is 1.75 bits per heavy atom. The number of rotatable bonds is 6. The fourth-order valence-corrected chi connectivity index (χ4v) is 3.52. The summed E-state index contributed by atoms with van der Waals surface area (Å²) < 4.78 is 27.6. The third kappa shape index (κ3) is 4.72. The molecule has 0 radical (unpaired) electrons. The largest absolute Gasteiger partial charge is 0.348 e. The first-order chi connectivity index (χ1) is 13.5. The summed E-state index contributed by atoms with van der Waals surface area (Å²) in [4.78, 5) is 16.2. The predicted octanol–water partition coefficient (Wildman–Crippen LogP) is 2.68. The Hall–Kier alpha value is -3.70. The molecular weight excluding hydrogens is 376 g/mol. The van der Waals surface area contributed by atoms with E-state index in [0.717, 1.165) is 5.56 Å². The zero-order valence-corrected chi connectivity index (χ0v) is 15.5. The van der Waals surface area contributed by atoms with Crippen LogP contribution in [-0.2, 0) is 16.6 Å². The first-order valence-corrected chi connectivity index (χ1v) is 9.76. The molecule has 0 fully saturated rings. The third-order valence-corrected chi connectivity index (χ3v) is 5.25. The van der Waals surface area contributed by atoms with Gasteiger partial charge in [-0.15, -0.1) is 0 Å². The van der Waals surface area contributed by atoms with E-state index >= 15 is 0 Å². The van der Waals surface area contributed by atoms with Gasteiger partial charge < -0.3 is 5.32 Å². The van der Waals surface area contributed by atoms with Crippen molar-refractivity contribution in [2.24, 2.45) is 0 Å². The van der Waals surface area contributed by atoms with E-state index in [1.54, 1.807) is 30.6 Å². The molecule has 0 bridgehead atoms. The highest BCUT2D eigenvalue weighted by atomic mass is 32.2. The number of anilines is 1. The fourth-order valence-electron chi connectivity index (χ4n) is 2.42. The minimum absolute atomic E-state index is 0.0339. The van der Waals surface area contributed by atoms with E-state index in [1.165, 1.54) is 42.5 Å². The molecular formula is C20H16N4O3S. The summed E-state index contributed by atoms with van der Waals surface area (Å²) in [5.41, 5.74) is 1.87. The first kappa shape index (κ1) is 19.1. The molecule has 0 saturated heterocycles. The van der Waals surface area contributed by atoms with Crippen LogP contribution in [0.2, 0.25) is 0 Å². The number of sulfonamides is 1. The van der Waals surface area contributed by atoms with Crippen LogP contribution >= 0.6 is 0 Å². The number of nitriles is 1. The van der Waals surface area contributed by atoms with Gasteiger partial charge in [-0.3, -0.25) is 14.5 Å². The van der Waals surface area contributed by atoms with Gasteiger partial charge in [-0.2, -0.15) is 5.26 Å². The molecule has 1 aromatic heterocycles. The van der Waals surface area contributed by atoms with Crippen molar-refractivity contribution < 1.29 is 13.2 Å². The number of carbonyl (C=O) groups excluding carboxylic acids is 1. The summed E-state index contributed by atoms with van der Waals surface area (Å²) in [5, 5.41) is 11.6. The molecule has 28 heavy (non-hydrogen) atoms. The highest BCUT2D eigenvalue weighted by molar-refractivity contribution is 7.92. The summed E-state index contributed by atoms with van der Waals surface area (Å²) in [5.74, 6) is -0.382. The van der Waals surface area contributed by atoms with Crippen molar-refractivity contribution in [3.05, 3.63) is 89.7 Å². The lowest BCUT2D eigenvalue weighted by Crippen LogP contribution is -2.23. The zero-order chi connectivity index (χ0) is 20.0. The molecule has 0 unspecified atom stereocenters. The van der Waals surface area contributed by atoms with Gasteiger partial charge in [0.2, 0.25) is 0 Å². The zero-order valence-electron chi connectivity index (χ0n) is 14.7. The van der Waals surface area contributed by atoms with Crippen molar-refractivity contribution >= 4 is 21.6 Å². The van der Waals surface area contributed by atoms with Crippen molar-refractivity contribution in [1.29, 1.82) is 5.26 Å². The highest BCUT2D eigenvalue weighted by Gasteiger charge is 2.16. The maximum absolute atomic E-state index is 12.6. The van der Waals surface area contributed by atoms with Gasteiger partial charge in [-0.1, -0.05) is 6.07 Å². The van der Waals surface area contributed by atoms with Crippen LogP contribution in [0.15, 0.2) is 78.0 Å². The molecule has 7 nitrogen and oxygen atoms in total. The van der Waals surface area contributed by atoms with Gasteiger partial charge in [0.15, 0.2) is 0 Å². The standard InChI is InChI=1S/C20H16N4O3S/c21-13-15-4-6-18(7-5-15)24-28(26,27)19-3-1-2-17(12-19)20(25)23-14-16-8-10-22-11-9-16/h1-12,24H,14H2,(H,23,25). The Bertz CT molecular complexity index is 1120. The number of carbonyl (C=O) groups is 1. The lowest BCUT2D eigenvalue weighted by molar-refractivity contribution is 0.0950. The topological polar surface area (TPSA) is 112 Å². The van der Waals surface area contributed by atoms with Crippen molar-refractivity contribution in [3.63, 3.8) is 0 Å². The van der Waals surface area contributed by atoms with E-state index in [9.17, 15) is 13.2 Å². The minimum atomic E-state index is -3.88. The summed E-state index contributed by atoms with van der Waals surface area (Å²) in [6, 6.07) is 17.3. The molecule has 0 atom stereocenters. The van der Waals surface area contributed by atoms with Gasteiger partial charge in [0, 0.05) is 30.2 Å². The van der Waals surface area contributed by atoms with E-state index in [0.29, 0.717) is 17.8 Å². The van der Waals surface area contributed by atoms with E-state index in [2.05, 4.69) is 15.0 Å².